The van der Waals surface area contributed by atoms with Crippen LogP contribution in [0, 0.1) is 5.82 Å². The van der Waals surface area contributed by atoms with Crippen LogP contribution >= 0.6 is 22.9 Å². The van der Waals surface area contributed by atoms with Crippen LogP contribution in [-0.4, -0.2) is 24.9 Å². The van der Waals surface area contributed by atoms with Gasteiger partial charge in [-0.1, -0.05) is 28.9 Å². The Kier molecular flexibility index (Phi) is 5.22. The van der Waals surface area contributed by atoms with E-state index in [0.29, 0.717) is 4.68 Å². The lowest BCUT2D eigenvalue weighted by Crippen LogP contribution is -2.15. The Labute approximate surface area is 192 Å². The molecule has 0 N–H and O–H groups in total. The first-order valence-electron chi connectivity index (χ1n) is 9.27. The first-order chi connectivity index (χ1) is 15.9. The van der Waals surface area contributed by atoms with Gasteiger partial charge in [-0.25, -0.2) is 19.0 Å². The molecule has 1 aromatic carbocycles. The molecule has 4 aromatic heterocycles. The Morgan fingerprint density at radius 1 is 1.00 bits per heavy atom. The normalized spacial score (nSPS) is 11.8. The second-order valence-electron chi connectivity index (χ2n) is 6.67. The molecule has 0 aliphatic heterocycles. The maximum absolute atomic E-state index is 14.7. The number of aromatic nitrogens is 5. The SMILES string of the molecule is Fc1cccc(Cl)c1-c1noc(-c2cnn(-c3ccccn3)c2C(F)(F)F)c1-c1nccs1. The first-order valence-corrected chi connectivity index (χ1v) is 10.5. The largest absolute Gasteiger partial charge is 0.434 e. The molecule has 4 heterocycles. The summed E-state index contributed by atoms with van der Waals surface area (Å²) in [7, 11) is 0. The predicted molar refractivity (Wildman–Crippen MR) is 113 cm³/mol. The highest BCUT2D eigenvalue weighted by Crippen LogP contribution is 2.46. The second-order valence-corrected chi connectivity index (χ2v) is 7.98. The number of hydrogen-bond acceptors (Lipinski definition) is 6. The van der Waals surface area contributed by atoms with Crippen molar-refractivity contribution in [2.75, 3.05) is 0 Å². The average Bonchev–Trinajstić information content (AvgIpc) is 3.52. The van der Waals surface area contributed by atoms with Gasteiger partial charge in [-0.15, -0.1) is 11.3 Å². The molecule has 0 amide bonds. The molecular weight excluding hydrogens is 482 g/mol. The zero-order chi connectivity index (χ0) is 23.2. The maximum atomic E-state index is 14.7. The van der Waals surface area contributed by atoms with Gasteiger partial charge in [-0.3, -0.25) is 0 Å². The second kappa shape index (κ2) is 8.09. The fourth-order valence-corrected chi connectivity index (χ4v) is 4.29. The van der Waals surface area contributed by atoms with Gasteiger partial charge in [0, 0.05) is 17.8 Å². The van der Waals surface area contributed by atoms with Crippen LogP contribution in [0.3, 0.4) is 0 Å². The highest BCUT2D eigenvalue weighted by Gasteiger charge is 2.42. The Morgan fingerprint density at radius 2 is 1.85 bits per heavy atom. The molecule has 33 heavy (non-hydrogen) atoms. The lowest BCUT2D eigenvalue weighted by molar-refractivity contribution is -0.142. The summed E-state index contributed by atoms with van der Waals surface area (Å²) in [5, 5.41) is 9.71. The van der Waals surface area contributed by atoms with Crippen LogP contribution in [0.1, 0.15) is 5.69 Å². The summed E-state index contributed by atoms with van der Waals surface area (Å²) in [6.45, 7) is 0. The smallest absolute Gasteiger partial charge is 0.355 e. The molecule has 0 spiro atoms. The number of hydrogen-bond donors (Lipinski definition) is 0. The van der Waals surface area contributed by atoms with Gasteiger partial charge in [0.1, 0.15) is 16.5 Å². The van der Waals surface area contributed by atoms with Gasteiger partial charge in [0.25, 0.3) is 0 Å². The molecule has 5 rings (SSSR count). The van der Waals surface area contributed by atoms with Crippen LogP contribution in [0.15, 0.2) is 64.9 Å². The quantitative estimate of drug-likeness (QED) is 0.267. The third-order valence-electron chi connectivity index (χ3n) is 4.69. The lowest BCUT2D eigenvalue weighted by atomic mass is 10.0. The van der Waals surface area contributed by atoms with Crippen LogP contribution in [0.25, 0.3) is 39.0 Å². The average molecular weight is 492 g/mol. The van der Waals surface area contributed by atoms with Crippen molar-refractivity contribution in [3.8, 4) is 39.0 Å². The molecule has 0 fully saturated rings. The van der Waals surface area contributed by atoms with Gasteiger partial charge in [-0.2, -0.15) is 18.3 Å². The number of nitrogens with zero attached hydrogens (tertiary/aromatic N) is 5. The van der Waals surface area contributed by atoms with E-state index in [1.807, 2.05) is 0 Å². The molecule has 166 valence electrons. The molecule has 6 nitrogen and oxygen atoms in total. The molecule has 0 radical (unpaired) electrons. The number of thiazole rings is 1. The Morgan fingerprint density at radius 3 is 2.52 bits per heavy atom. The van der Waals surface area contributed by atoms with Crippen molar-refractivity contribution in [3.63, 3.8) is 0 Å². The highest BCUT2D eigenvalue weighted by atomic mass is 35.5. The number of halogens is 5. The van der Waals surface area contributed by atoms with Gasteiger partial charge in [0.05, 0.1) is 27.9 Å². The number of rotatable bonds is 4. The minimum absolute atomic E-state index is 0.0212. The fourth-order valence-electron chi connectivity index (χ4n) is 3.35. The summed E-state index contributed by atoms with van der Waals surface area (Å²) in [5.74, 6) is -1.02. The van der Waals surface area contributed by atoms with E-state index in [9.17, 15) is 17.6 Å². The topological polar surface area (TPSA) is 69.6 Å². The maximum Gasteiger partial charge on any atom is 0.434 e. The van der Waals surface area contributed by atoms with Gasteiger partial charge >= 0.3 is 6.18 Å². The molecule has 0 saturated heterocycles. The Balaban J connectivity index is 1.80. The summed E-state index contributed by atoms with van der Waals surface area (Å²) >= 11 is 7.33. The number of alkyl halides is 3. The molecule has 0 saturated carbocycles. The molecule has 12 heteroatoms. The number of benzene rings is 1. The van der Waals surface area contributed by atoms with E-state index >= 15 is 0 Å². The van der Waals surface area contributed by atoms with Crippen molar-refractivity contribution in [2.45, 2.75) is 6.18 Å². The molecule has 0 bridgehead atoms. The fraction of sp³-hybridized carbons (Fsp3) is 0.0476. The molecular formula is C21H10ClF4N5OS. The van der Waals surface area contributed by atoms with Crippen molar-refractivity contribution >= 4 is 22.9 Å². The minimum Gasteiger partial charge on any atom is -0.355 e. The van der Waals surface area contributed by atoms with Gasteiger partial charge in [0.15, 0.2) is 17.3 Å². The highest BCUT2D eigenvalue weighted by molar-refractivity contribution is 7.13. The van der Waals surface area contributed by atoms with Crippen molar-refractivity contribution < 1.29 is 22.1 Å². The van der Waals surface area contributed by atoms with E-state index in [1.165, 1.54) is 42.7 Å². The summed E-state index contributed by atoms with van der Waals surface area (Å²) < 4.78 is 63.3. The summed E-state index contributed by atoms with van der Waals surface area (Å²) in [5.41, 5.74) is -1.62. The van der Waals surface area contributed by atoms with Crippen LogP contribution in [0.4, 0.5) is 17.6 Å². The van der Waals surface area contributed by atoms with E-state index in [1.54, 1.807) is 11.4 Å². The van der Waals surface area contributed by atoms with Crippen LogP contribution in [0.2, 0.25) is 5.02 Å². The summed E-state index contributed by atoms with van der Waals surface area (Å²) in [6.07, 6.45) is -1.01. The van der Waals surface area contributed by atoms with Crippen molar-refractivity contribution in [3.05, 3.63) is 76.9 Å². The molecule has 0 atom stereocenters. The summed E-state index contributed by atoms with van der Waals surface area (Å²) in [4.78, 5) is 8.13. The third kappa shape index (κ3) is 3.68. The van der Waals surface area contributed by atoms with Crippen LogP contribution < -0.4 is 0 Å². The van der Waals surface area contributed by atoms with Crippen molar-refractivity contribution in [2.24, 2.45) is 0 Å². The molecule has 0 unspecified atom stereocenters. The first kappa shape index (κ1) is 21.3. The standard InChI is InChI=1S/C21H10ClF4N5OS/c22-12-4-3-5-13(23)15(12)17-16(20-28-8-9-33-20)18(32-30-17)11-10-29-31(19(11)21(24,25)26)14-6-1-2-7-27-14/h1-10H. The van der Waals surface area contributed by atoms with E-state index in [2.05, 4.69) is 20.2 Å². The minimum atomic E-state index is -4.83. The summed E-state index contributed by atoms with van der Waals surface area (Å²) in [6, 6.07) is 8.52. The van der Waals surface area contributed by atoms with E-state index in [0.717, 1.165) is 17.5 Å². The van der Waals surface area contributed by atoms with Crippen molar-refractivity contribution in [1.82, 2.24) is 24.9 Å². The van der Waals surface area contributed by atoms with Gasteiger partial charge in [0.2, 0.25) is 0 Å². The van der Waals surface area contributed by atoms with Gasteiger partial charge < -0.3 is 4.52 Å². The third-order valence-corrected chi connectivity index (χ3v) is 5.79. The molecule has 0 aliphatic rings. The van der Waals surface area contributed by atoms with E-state index < -0.39 is 23.3 Å². The van der Waals surface area contributed by atoms with E-state index in [-0.39, 0.29) is 38.4 Å². The monoisotopic (exact) mass is 491 g/mol. The van der Waals surface area contributed by atoms with E-state index in [4.69, 9.17) is 16.1 Å². The Hall–Kier alpha value is -3.57. The number of pyridine rings is 1. The lowest BCUT2D eigenvalue weighted by Gasteiger charge is -2.11. The zero-order valence-corrected chi connectivity index (χ0v) is 17.8. The molecule has 5 aromatic rings. The van der Waals surface area contributed by atoms with Crippen molar-refractivity contribution in [1.29, 1.82) is 0 Å². The van der Waals surface area contributed by atoms with Crippen LogP contribution in [-0.2, 0) is 6.18 Å². The van der Waals surface area contributed by atoms with Gasteiger partial charge in [-0.05, 0) is 24.3 Å². The van der Waals surface area contributed by atoms with Crippen LogP contribution in [0.5, 0.6) is 0 Å². The predicted octanol–water partition coefficient (Wildman–Crippen LogP) is 6.52. The Bertz CT molecular complexity index is 1410. The molecule has 0 aliphatic carbocycles. The zero-order valence-electron chi connectivity index (χ0n) is 16.2.